The van der Waals surface area contributed by atoms with Crippen LogP contribution in [0.3, 0.4) is 0 Å². The van der Waals surface area contributed by atoms with Crippen LogP contribution in [0.2, 0.25) is 0 Å². The van der Waals surface area contributed by atoms with Crippen molar-refractivity contribution in [2.24, 2.45) is 5.73 Å². The highest BCUT2D eigenvalue weighted by atomic mass is 19.1. The Morgan fingerprint density at radius 2 is 1.69 bits per heavy atom. The molecule has 0 radical (unpaired) electrons. The predicted octanol–water partition coefficient (Wildman–Crippen LogP) is 3.04. The topological polar surface area (TPSA) is 114 Å². The Bertz CT molecular complexity index is 1150. The van der Waals surface area contributed by atoms with E-state index in [0.717, 1.165) is 11.1 Å². The van der Waals surface area contributed by atoms with E-state index >= 15 is 0 Å². The van der Waals surface area contributed by atoms with Gasteiger partial charge in [-0.05, 0) is 22.6 Å². The smallest absolute Gasteiger partial charge is 0.243 e. The number of nitrogens with one attached hydrogen (secondary N) is 1. The van der Waals surface area contributed by atoms with E-state index in [1.807, 2.05) is 54.6 Å². The maximum Gasteiger partial charge on any atom is 0.243 e. The van der Waals surface area contributed by atoms with Gasteiger partial charge in [0.15, 0.2) is 0 Å². The molecule has 2 heterocycles. The summed E-state index contributed by atoms with van der Waals surface area (Å²) in [7, 11) is 0. The fourth-order valence-electron chi connectivity index (χ4n) is 4.30. The summed E-state index contributed by atoms with van der Waals surface area (Å²) in [5, 5.41) is 10.6. The van der Waals surface area contributed by atoms with Crippen molar-refractivity contribution in [2.75, 3.05) is 6.54 Å². The Kier molecular flexibility index (Phi) is 7.55. The van der Waals surface area contributed by atoms with Crippen LogP contribution >= 0.6 is 0 Å². The van der Waals surface area contributed by atoms with E-state index < -0.39 is 30.1 Å². The number of nitrogens with zero attached hydrogens (tertiary/aromatic N) is 3. The summed E-state index contributed by atoms with van der Waals surface area (Å²) < 4.78 is 19.7. The third-order valence-corrected chi connectivity index (χ3v) is 6.21. The molecule has 3 aromatic rings. The van der Waals surface area contributed by atoms with Crippen LogP contribution in [0.5, 0.6) is 0 Å². The minimum Gasteiger partial charge on any atom is -0.423 e. The summed E-state index contributed by atoms with van der Waals surface area (Å²) in [6, 6.07) is 16.3. The van der Waals surface area contributed by atoms with Crippen LogP contribution in [-0.2, 0) is 22.6 Å². The zero-order valence-corrected chi connectivity index (χ0v) is 19.9. The first-order valence-corrected chi connectivity index (χ1v) is 11.8. The van der Waals surface area contributed by atoms with Gasteiger partial charge in [0.25, 0.3) is 0 Å². The van der Waals surface area contributed by atoms with Crippen LogP contribution < -0.4 is 11.1 Å². The largest absolute Gasteiger partial charge is 0.423 e. The molecule has 1 aliphatic heterocycles. The van der Waals surface area contributed by atoms with Crippen LogP contribution in [0.4, 0.5) is 4.39 Å². The molecule has 1 aromatic heterocycles. The van der Waals surface area contributed by atoms with Gasteiger partial charge in [-0.25, -0.2) is 4.39 Å². The van der Waals surface area contributed by atoms with Gasteiger partial charge in [-0.1, -0.05) is 68.4 Å². The molecule has 9 heteroatoms. The molecule has 8 nitrogen and oxygen atoms in total. The molecule has 1 fully saturated rings. The zero-order chi connectivity index (χ0) is 24.9. The van der Waals surface area contributed by atoms with Crippen LogP contribution in [-0.4, -0.2) is 45.7 Å². The lowest BCUT2D eigenvalue weighted by molar-refractivity contribution is -0.138. The molecule has 184 valence electrons. The van der Waals surface area contributed by atoms with E-state index in [1.165, 1.54) is 10.5 Å². The van der Waals surface area contributed by atoms with Crippen molar-refractivity contribution in [3.05, 3.63) is 83.1 Å². The molecule has 0 saturated carbocycles. The summed E-state index contributed by atoms with van der Waals surface area (Å²) >= 11 is 0. The Hall–Kier alpha value is -3.59. The lowest BCUT2D eigenvalue weighted by atomic mass is 9.95. The second kappa shape index (κ2) is 10.8. The highest BCUT2D eigenvalue weighted by molar-refractivity contribution is 5.89. The Balaban J connectivity index is 1.54. The van der Waals surface area contributed by atoms with Crippen LogP contribution in [0.15, 0.2) is 59.0 Å². The Morgan fingerprint density at radius 1 is 1.06 bits per heavy atom. The molecule has 3 atom stereocenters. The van der Waals surface area contributed by atoms with Crippen molar-refractivity contribution in [1.82, 2.24) is 20.4 Å². The first-order chi connectivity index (χ1) is 16.9. The summed E-state index contributed by atoms with van der Waals surface area (Å²) in [6.07, 6.45) is -1.58. The number of likely N-dealkylation sites (tertiary alicyclic amines) is 1. The van der Waals surface area contributed by atoms with E-state index in [9.17, 15) is 14.0 Å². The van der Waals surface area contributed by atoms with Gasteiger partial charge in [0.05, 0.1) is 19.1 Å². The van der Waals surface area contributed by atoms with Crippen LogP contribution in [0.25, 0.3) is 0 Å². The van der Waals surface area contributed by atoms with Crippen molar-refractivity contribution in [3.63, 3.8) is 0 Å². The SMILES string of the molecule is CC(C)c1ccc(C(NC(=O)C2CC(F)CN2C(=O)Cc2nnc(CN)o2)c2ccccc2)cc1. The highest BCUT2D eigenvalue weighted by Crippen LogP contribution is 2.27. The number of halogens is 1. The van der Waals surface area contributed by atoms with Gasteiger partial charge in [-0.15, -0.1) is 10.2 Å². The van der Waals surface area contributed by atoms with Crippen molar-refractivity contribution < 1.29 is 18.4 Å². The third-order valence-electron chi connectivity index (χ3n) is 6.21. The Morgan fingerprint density at radius 3 is 2.31 bits per heavy atom. The second-order valence-electron chi connectivity index (χ2n) is 9.04. The number of alkyl halides is 1. The van der Waals surface area contributed by atoms with Crippen molar-refractivity contribution in [2.45, 2.75) is 57.4 Å². The summed E-state index contributed by atoms with van der Waals surface area (Å²) in [6.45, 7) is 4.14. The first kappa shape index (κ1) is 24.5. The van der Waals surface area contributed by atoms with Gasteiger partial charge in [-0.3, -0.25) is 9.59 Å². The molecule has 3 N–H and O–H groups in total. The Labute approximate surface area is 203 Å². The molecular weight excluding hydrogens is 449 g/mol. The molecule has 0 aliphatic carbocycles. The summed E-state index contributed by atoms with van der Waals surface area (Å²) in [5.74, 6) is -0.179. The quantitative estimate of drug-likeness (QED) is 0.513. The number of rotatable bonds is 8. The van der Waals surface area contributed by atoms with E-state index in [2.05, 4.69) is 29.4 Å². The van der Waals surface area contributed by atoms with E-state index in [0.29, 0.717) is 5.92 Å². The van der Waals surface area contributed by atoms with E-state index in [4.69, 9.17) is 10.2 Å². The zero-order valence-electron chi connectivity index (χ0n) is 19.9. The van der Waals surface area contributed by atoms with E-state index in [1.54, 1.807) is 0 Å². The molecule has 3 unspecified atom stereocenters. The lowest BCUT2D eigenvalue weighted by Crippen LogP contribution is -2.47. The summed E-state index contributed by atoms with van der Waals surface area (Å²) in [5.41, 5.74) is 8.46. The molecule has 0 spiro atoms. The van der Waals surface area contributed by atoms with Crippen molar-refractivity contribution in [1.29, 1.82) is 0 Å². The van der Waals surface area contributed by atoms with Crippen LogP contribution in [0.1, 0.15) is 60.7 Å². The molecular formula is C26H30FN5O3. The minimum absolute atomic E-state index is 0.0571. The summed E-state index contributed by atoms with van der Waals surface area (Å²) in [4.78, 5) is 27.6. The third kappa shape index (κ3) is 5.74. The number of amides is 2. The molecule has 4 rings (SSSR count). The number of hydrogen-bond acceptors (Lipinski definition) is 6. The van der Waals surface area contributed by atoms with Crippen molar-refractivity contribution >= 4 is 11.8 Å². The maximum atomic E-state index is 14.4. The number of aromatic nitrogens is 2. The average molecular weight is 480 g/mol. The van der Waals surface area contributed by atoms with Gasteiger partial charge >= 0.3 is 0 Å². The number of carbonyl (C=O) groups is 2. The van der Waals surface area contributed by atoms with Crippen LogP contribution in [0, 0.1) is 0 Å². The molecule has 1 saturated heterocycles. The minimum atomic E-state index is -1.29. The highest BCUT2D eigenvalue weighted by Gasteiger charge is 2.40. The average Bonchev–Trinajstić information content (AvgIpc) is 3.49. The van der Waals surface area contributed by atoms with E-state index in [-0.39, 0.29) is 37.7 Å². The number of hydrogen-bond donors (Lipinski definition) is 2. The molecule has 2 amide bonds. The van der Waals surface area contributed by atoms with Gasteiger partial charge in [-0.2, -0.15) is 0 Å². The predicted molar refractivity (Wildman–Crippen MR) is 128 cm³/mol. The molecule has 2 aromatic carbocycles. The van der Waals surface area contributed by atoms with Gasteiger partial charge in [0, 0.05) is 6.42 Å². The molecule has 35 heavy (non-hydrogen) atoms. The monoisotopic (exact) mass is 479 g/mol. The van der Waals surface area contributed by atoms with Gasteiger partial charge < -0.3 is 20.4 Å². The fourth-order valence-corrected chi connectivity index (χ4v) is 4.30. The fraction of sp³-hybridized carbons (Fsp3) is 0.385. The van der Waals surface area contributed by atoms with Crippen molar-refractivity contribution in [3.8, 4) is 0 Å². The molecule has 1 aliphatic rings. The van der Waals surface area contributed by atoms with Gasteiger partial charge in [0.2, 0.25) is 23.6 Å². The second-order valence-corrected chi connectivity index (χ2v) is 9.04. The maximum absolute atomic E-state index is 14.4. The standard InChI is InChI=1S/C26H30FN5O3/c1-16(2)17-8-10-19(11-9-17)25(18-6-4-3-5-7-18)29-26(34)21-12-20(27)15-32(21)24(33)13-22-30-31-23(14-28)35-22/h3-11,16,20-21,25H,12-15,28H2,1-2H3,(H,29,34). The molecule has 0 bridgehead atoms. The first-order valence-electron chi connectivity index (χ1n) is 11.8. The number of carbonyl (C=O) groups excluding carboxylic acids is 2. The number of benzene rings is 2. The lowest BCUT2D eigenvalue weighted by Gasteiger charge is -2.27. The number of nitrogens with two attached hydrogens (primary N) is 1. The van der Waals surface area contributed by atoms with Gasteiger partial charge in [0.1, 0.15) is 18.6 Å². The normalized spacial score (nSPS) is 18.6.